The fraction of sp³-hybridized carbons (Fsp3) is 0.500. The summed E-state index contributed by atoms with van der Waals surface area (Å²) in [6, 6.07) is 6.65. The number of rotatable bonds is 7. The van der Waals surface area contributed by atoms with E-state index in [1.165, 1.54) is 23.1 Å². The molecule has 2 unspecified atom stereocenters. The van der Waals surface area contributed by atoms with E-state index in [-0.39, 0.29) is 24.6 Å². The van der Waals surface area contributed by atoms with Crippen LogP contribution in [-0.4, -0.2) is 36.5 Å². The standard InChI is InChI=1S/C20H25F3N4O/c1-3-14(26-4-2)9-10-15(13-24)27-11-12-28-18(19(27)25)16-7-5-6-8-17(16)20(21,22)23/h5-9,15,18,25-26H,3-4,10-12H2,1-2H3/b14-9+,25-19?. The number of ether oxygens (including phenoxy) is 1. The number of hydrogen-bond acceptors (Lipinski definition) is 4. The van der Waals surface area contributed by atoms with Gasteiger partial charge in [0.15, 0.2) is 0 Å². The van der Waals surface area contributed by atoms with Gasteiger partial charge in [0.1, 0.15) is 18.0 Å². The van der Waals surface area contributed by atoms with Crippen molar-refractivity contribution in [2.45, 2.75) is 45.0 Å². The van der Waals surface area contributed by atoms with Crippen LogP contribution in [0.2, 0.25) is 0 Å². The molecule has 0 aromatic heterocycles. The predicted molar refractivity (Wildman–Crippen MR) is 101 cm³/mol. The zero-order valence-electron chi connectivity index (χ0n) is 16.0. The minimum atomic E-state index is -4.54. The van der Waals surface area contributed by atoms with Gasteiger partial charge in [-0.05, 0) is 19.4 Å². The zero-order chi connectivity index (χ0) is 20.7. The number of nitrogens with one attached hydrogen (secondary N) is 2. The molecule has 1 heterocycles. The molecule has 5 nitrogen and oxygen atoms in total. The molecular weight excluding hydrogens is 369 g/mol. The van der Waals surface area contributed by atoms with E-state index in [9.17, 15) is 18.4 Å². The Hall–Kier alpha value is -2.53. The summed E-state index contributed by atoms with van der Waals surface area (Å²) < 4.78 is 45.6. The van der Waals surface area contributed by atoms with E-state index in [1.807, 2.05) is 19.9 Å². The molecule has 0 aliphatic carbocycles. The lowest BCUT2D eigenvalue weighted by Gasteiger charge is -2.38. The summed E-state index contributed by atoms with van der Waals surface area (Å²) in [7, 11) is 0. The SMILES string of the molecule is CCN/C(=C/CC(C#N)N1CCOC(c2ccccc2C(F)(F)F)C1=N)CC. The van der Waals surface area contributed by atoms with Crippen molar-refractivity contribution in [2.24, 2.45) is 0 Å². The molecule has 2 N–H and O–H groups in total. The third-order valence-corrected chi connectivity index (χ3v) is 4.62. The molecule has 1 saturated heterocycles. The summed E-state index contributed by atoms with van der Waals surface area (Å²) in [5, 5.41) is 21.2. The van der Waals surface area contributed by atoms with Crippen molar-refractivity contribution in [2.75, 3.05) is 19.7 Å². The molecule has 0 spiro atoms. The van der Waals surface area contributed by atoms with E-state index in [1.54, 1.807) is 0 Å². The summed E-state index contributed by atoms with van der Waals surface area (Å²) in [6.45, 7) is 5.18. The molecule has 1 fully saturated rings. The molecule has 2 rings (SSSR count). The monoisotopic (exact) mass is 394 g/mol. The average molecular weight is 394 g/mol. The van der Waals surface area contributed by atoms with Crippen molar-refractivity contribution in [1.82, 2.24) is 10.2 Å². The second-order valence-corrected chi connectivity index (χ2v) is 6.41. The Balaban J connectivity index is 2.26. The Morgan fingerprint density at radius 1 is 1.43 bits per heavy atom. The topological polar surface area (TPSA) is 72.1 Å². The first-order chi connectivity index (χ1) is 13.3. The van der Waals surface area contributed by atoms with E-state index in [4.69, 9.17) is 10.1 Å². The first kappa shape index (κ1) is 21.8. The van der Waals surface area contributed by atoms with Crippen molar-refractivity contribution < 1.29 is 17.9 Å². The van der Waals surface area contributed by atoms with Gasteiger partial charge in [-0.2, -0.15) is 18.4 Å². The van der Waals surface area contributed by atoms with Gasteiger partial charge in [-0.1, -0.05) is 31.2 Å². The number of nitrogens with zero attached hydrogens (tertiary/aromatic N) is 2. The Bertz CT molecular complexity index is 755. The summed E-state index contributed by atoms with van der Waals surface area (Å²) >= 11 is 0. The quantitative estimate of drug-likeness (QED) is 0.726. The van der Waals surface area contributed by atoms with Crippen LogP contribution in [-0.2, 0) is 10.9 Å². The zero-order valence-corrected chi connectivity index (χ0v) is 16.0. The van der Waals surface area contributed by atoms with Crippen LogP contribution in [0.1, 0.15) is 43.9 Å². The third kappa shape index (κ3) is 5.04. The van der Waals surface area contributed by atoms with Crippen molar-refractivity contribution in [3.63, 3.8) is 0 Å². The molecule has 8 heteroatoms. The number of nitriles is 1. The van der Waals surface area contributed by atoms with Crippen LogP contribution >= 0.6 is 0 Å². The molecule has 0 saturated carbocycles. The predicted octanol–water partition coefficient (Wildman–Crippen LogP) is 4.24. The molecule has 1 aromatic carbocycles. The summed E-state index contributed by atoms with van der Waals surface area (Å²) in [6.07, 6.45) is -2.61. The fourth-order valence-electron chi connectivity index (χ4n) is 3.24. The number of benzene rings is 1. The van der Waals surface area contributed by atoms with E-state index in [2.05, 4.69) is 11.4 Å². The molecule has 0 radical (unpaired) electrons. The molecular formula is C20H25F3N4O. The Morgan fingerprint density at radius 2 is 2.14 bits per heavy atom. The largest absolute Gasteiger partial charge is 0.416 e. The lowest BCUT2D eigenvalue weighted by Crippen LogP contribution is -2.48. The van der Waals surface area contributed by atoms with Gasteiger partial charge in [0.2, 0.25) is 0 Å². The van der Waals surface area contributed by atoms with E-state index in [0.29, 0.717) is 6.42 Å². The molecule has 1 aliphatic rings. The van der Waals surface area contributed by atoms with Gasteiger partial charge in [0.05, 0.1) is 18.2 Å². The second kappa shape index (κ2) is 9.60. The highest BCUT2D eigenvalue weighted by molar-refractivity contribution is 5.86. The summed E-state index contributed by atoms with van der Waals surface area (Å²) in [5.74, 6) is -0.121. The lowest BCUT2D eigenvalue weighted by molar-refractivity contribution is -0.139. The summed E-state index contributed by atoms with van der Waals surface area (Å²) in [4.78, 5) is 1.54. The summed E-state index contributed by atoms with van der Waals surface area (Å²) in [5.41, 5.74) is 0.0840. The molecule has 28 heavy (non-hydrogen) atoms. The van der Waals surface area contributed by atoms with Crippen molar-refractivity contribution >= 4 is 5.84 Å². The van der Waals surface area contributed by atoms with Crippen LogP contribution in [0.3, 0.4) is 0 Å². The maximum Gasteiger partial charge on any atom is 0.416 e. The van der Waals surface area contributed by atoms with Crippen molar-refractivity contribution in [3.05, 3.63) is 47.2 Å². The number of halogens is 3. The minimum absolute atomic E-state index is 0.0983. The number of amidine groups is 1. The molecule has 0 amide bonds. The normalized spacial score (nSPS) is 19.3. The van der Waals surface area contributed by atoms with Gasteiger partial charge in [0, 0.05) is 30.8 Å². The molecule has 152 valence electrons. The van der Waals surface area contributed by atoms with Crippen molar-refractivity contribution in [3.8, 4) is 6.07 Å². The first-order valence-corrected chi connectivity index (χ1v) is 9.28. The highest BCUT2D eigenvalue weighted by atomic mass is 19.4. The van der Waals surface area contributed by atoms with Crippen LogP contribution in [0.5, 0.6) is 0 Å². The van der Waals surface area contributed by atoms with Crippen LogP contribution in [0.25, 0.3) is 0 Å². The molecule has 1 aromatic rings. The Morgan fingerprint density at radius 3 is 2.75 bits per heavy atom. The van der Waals surface area contributed by atoms with E-state index >= 15 is 0 Å². The highest BCUT2D eigenvalue weighted by Gasteiger charge is 2.39. The first-order valence-electron chi connectivity index (χ1n) is 9.28. The third-order valence-electron chi connectivity index (χ3n) is 4.62. The maximum absolute atomic E-state index is 13.4. The lowest BCUT2D eigenvalue weighted by atomic mass is 9.98. The molecule has 0 bridgehead atoms. The maximum atomic E-state index is 13.4. The number of hydrogen-bond donors (Lipinski definition) is 2. The molecule has 1 aliphatic heterocycles. The van der Waals surface area contributed by atoms with E-state index in [0.717, 1.165) is 24.7 Å². The Kier molecular flexibility index (Phi) is 7.46. The van der Waals surface area contributed by atoms with Gasteiger partial charge in [-0.25, -0.2) is 0 Å². The number of morpholine rings is 1. The van der Waals surface area contributed by atoms with E-state index < -0.39 is 23.9 Å². The van der Waals surface area contributed by atoms with Crippen LogP contribution < -0.4 is 5.32 Å². The highest BCUT2D eigenvalue weighted by Crippen LogP contribution is 2.37. The minimum Gasteiger partial charge on any atom is -0.389 e. The van der Waals surface area contributed by atoms with Gasteiger partial charge in [-0.3, -0.25) is 5.41 Å². The second-order valence-electron chi connectivity index (χ2n) is 6.41. The van der Waals surface area contributed by atoms with Gasteiger partial charge >= 0.3 is 6.18 Å². The average Bonchev–Trinajstić information content (AvgIpc) is 2.68. The van der Waals surface area contributed by atoms with Crippen molar-refractivity contribution in [1.29, 1.82) is 10.7 Å². The smallest absolute Gasteiger partial charge is 0.389 e. The fourth-order valence-corrected chi connectivity index (χ4v) is 3.24. The van der Waals surface area contributed by atoms with Gasteiger partial charge in [0.25, 0.3) is 0 Å². The van der Waals surface area contributed by atoms with Crippen LogP contribution in [0, 0.1) is 16.7 Å². The Labute approximate surface area is 163 Å². The number of alkyl halides is 3. The van der Waals surface area contributed by atoms with Crippen LogP contribution in [0.15, 0.2) is 36.0 Å². The van der Waals surface area contributed by atoms with Gasteiger partial charge < -0.3 is 15.0 Å². The number of allylic oxidation sites excluding steroid dienone is 1. The molecule has 2 atom stereocenters. The van der Waals surface area contributed by atoms with Crippen LogP contribution in [0.4, 0.5) is 13.2 Å². The van der Waals surface area contributed by atoms with Gasteiger partial charge in [-0.15, -0.1) is 0 Å².